The van der Waals surface area contributed by atoms with Crippen LogP contribution in [0.3, 0.4) is 0 Å². The summed E-state index contributed by atoms with van der Waals surface area (Å²) in [6.07, 6.45) is -6.01. The standard InChI is InChI=1S/C11H12F3NO4/c1-18-6-9(15-10(16)17)7-2-4-8(5-3-7)19-11(12,13)14/h2-5,9,15H,6H2,1H3,(H,16,17)/t9-/m1/s1. The molecule has 19 heavy (non-hydrogen) atoms. The maximum absolute atomic E-state index is 12.0. The van der Waals surface area contributed by atoms with Crippen LogP contribution in [0.1, 0.15) is 11.6 Å². The zero-order chi connectivity index (χ0) is 14.5. The number of hydrogen-bond donors (Lipinski definition) is 2. The fourth-order valence-electron chi connectivity index (χ4n) is 1.44. The predicted molar refractivity (Wildman–Crippen MR) is 58.9 cm³/mol. The van der Waals surface area contributed by atoms with E-state index in [2.05, 4.69) is 10.1 Å². The second-order valence-corrected chi connectivity index (χ2v) is 3.57. The van der Waals surface area contributed by atoms with Crippen molar-refractivity contribution >= 4 is 6.09 Å². The lowest BCUT2D eigenvalue weighted by atomic mass is 10.1. The molecule has 1 atom stereocenters. The summed E-state index contributed by atoms with van der Waals surface area (Å²) in [5.74, 6) is -0.372. The predicted octanol–water partition coefficient (Wildman–Crippen LogP) is 2.54. The van der Waals surface area contributed by atoms with Crippen molar-refractivity contribution in [1.82, 2.24) is 5.32 Å². The van der Waals surface area contributed by atoms with E-state index in [4.69, 9.17) is 9.84 Å². The SMILES string of the molecule is COC[C@@H](NC(=O)O)c1ccc(OC(F)(F)F)cc1. The summed E-state index contributed by atoms with van der Waals surface area (Å²) < 4.78 is 44.4. The number of halogens is 3. The highest BCUT2D eigenvalue weighted by atomic mass is 19.4. The normalized spacial score (nSPS) is 12.8. The molecule has 0 spiro atoms. The molecule has 1 aromatic carbocycles. The highest BCUT2D eigenvalue weighted by Crippen LogP contribution is 2.24. The molecular formula is C11H12F3NO4. The number of methoxy groups -OCH3 is 1. The molecule has 1 aromatic rings. The van der Waals surface area contributed by atoms with Crippen molar-refractivity contribution < 1.29 is 32.5 Å². The van der Waals surface area contributed by atoms with Gasteiger partial charge in [0.1, 0.15) is 5.75 Å². The van der Waals surface area contributed by atoms with E-state index >= 15 is 0 Å². The van der Waals surface area contributed by atoms with Crippen molar-refractivity contribution in [2.75, 3.05) is 13.7 Å². The summed E-state index contributed by atoms with van der Waals surface area (Å²) >= 11 is 0. The number of carbonyl (C=O) groups is 1. The van der Waals surface area contributed by atoms with Crippen LogP contribution in [0.2, 0.25) is 0 Å². The summed E-state index contributed by atoms with van der Waals surface area (Å²) in [6, 6.07) is 4.22. The molecule has 1 rings (SSSR count). The van der Waals surface area contributed by atoms with Crippen LogP contribution in [0.4, 0.5) is 18.0 Å². The van der Waals surface area contributed by atoms with Crippen molar-refractivity contribution in [3.63, 3.8) is 0 Å². The Kier molecular flexibility index (Phi) is 4.99. The first-order valence-electron chi connectivity index (χ1n) is 5.16. The van der Waals surface area contributed by atoms with Crippen molar-refractivity contribution in [3.8, 4) is 5.75 Å². The summed E-state index contributed by atoms with van der Waals surface area (Å²) in [7, 11) is 1.39. The van der Waals surface area contributed by atoms with E-state index in [1.54, 1.807) is 0 Å². The molecular weight excluding hydrogens is 267 g/mol. The first kappa shape index (κ1) is 15.1. The minimum absolute atomic E-state index is 0.0613. The van der Waals surface area contributed by atoms with Crippen LogP contribution in [0.5, 0.6) is 5.75 Å². The molecule has 1 amide bonds. The van der Waals surface area contributed by atoms with Gasteiger partial charge >= 0.3 is 12.5 Å². The number of carboxylic acid groups (broad SMARTS) is 1. The quantitative estimate of drug-likeness (QED) is 0.869. The number of nitrogens with one attached hydrogen (secondary N) is 1. The first-order chi connectivity index (χ1) is 8.81. The van der Waals surface area contributed by atoms with Gasteiger partial charge in [-0.2, -0.15) is 0 Å². The number of alkyl halides is 3. The molecule has 0 saturated carbocycles. The average molecular weight is 279 g/mol. The maximum atomic E-state index is 12.0. The van der Waals surface area contributed by atoms with Crippen LogP contribution < -0.4 is 10.1 Å². The van der Waals surface area contributed by atoms with Gasteiger partial charge in [0.25, 0.3) is 0 Å². The minimum Gasteiger partial charge on any atom is -0.465 e. The molecule has 0 fully saturated rings. The molecule has 0 aliphatic rings. The van der Waals surface area contributed by atoms with Crippen LogP contribution in [0.25, 0.3) is 0 Å². The second-order valence-electron chi connectivity index (χ2n) is 3.57. The Morgan fingerprint density at radius 3 is 2.37 bits per heavy atom. The minimum atomic E-state index is -4.76. The van der Waals surface area contributed by atoms with E-state index < -0.39 is 18.5 Å². The van der Waals surface area contributed by atoms with Gasteiger partial charge in [-0.1, -0.05) is 12.1 Å². The Hall–Kier alpha value is -1.96. The van der Waals surface area contributed by atoms with Crippen LogP contribution in [-0.4, -0.2) is 31.3 Å². The van der Waals surface area contributed by atoms with E-state index in [1.807, 2.05) is 0 Å². The summed E-state index contributed by atoms with van der Waals surface area (Å²) in [5.41, 5.74) is 0.471. The molecule has 2 N–H and O–H groups in total. The molecule has 8 heteroatoms. The van der Waals surface area contributed by atoms with Crippen LogP contribution in [-0.2, 0) is 4.74 Å². The Labute approximate surface area is 106 Å². The van der Waals surface area contributed by atoms with E-state index in [1.165, 1.54) is 19.2 Å². The van der Waals surface area contributed by atoms with Gasteiger partial charge in [-0.05, 0) is 17.7 Å². The molecule has 0 bridgehead atoms. The molecule has 0 aromatic heterocycles. The molecule has 106 valence electrons. The first-order valence-corrected chi connectivity index (χ1v) is 5.16. The Balaban J connectivity index is 2.79. The van der Waals surface area contributed by atoms with Gasteiger partial charge in [0.15, 0.2) is 0 Å². The molecule has 0 saturated heterocycles. The second kappa shape index (κ2) is 6.28. The summed E-state index contributed by atoms with van der Waals surface area (Å²) in [4.78, 5) is 10.6. The van der Waals surface area contributed by atoms with E-state index in [0.717, 1.165) is 12.1 Å². The number of rotatable bonds is 5. The van der Waals surface area contributed by atoms with Crippen LogP contribution in [0, 0.1) is 0 Å². The van der Waals surface area contributed by atoms with E-state index in [9.17, 15) is 18.0 Å². The van der Waals surface area contributed by atoms with Crippen molar-refractivity contribution in [1.29, 1.82) is 0 Å². The molecule has 5 nitrogen and oxygen atoms in total. The lowest BCUT2D eigenvalue weighted by Crippen LogP contribution is -2.29. The van der Waals surface area contributed by atoms with Gasteiger partial charge in [-0.25, -0.2) is 4.79 Å². The lowest BCUT2D eigenvalue weighted by Gasteiger charge is -2.17. The van der Waals surface area contributed by atoms with Gasteiger partial charge in [-0.3, -0.25) is 0 Å². The summed E-state index contributed by atoms with van der Waals surface area (Å²) in [5, 5.41) is 10.8. The topological polar surface area (TPSA) is 67.8 Å². The number of benzene rings is 1. The third-order valence-electron chi connectivity index (χ3n) is 2.15. The van der Waals surface area contributed by atoms with E-state index in [0.29, 0.717) is 5.56 Å². The van der Waals surface area contributed by atoms with Crippen LogP contribution >= 0.6 is 0 Å². The molecule has 0 aliphatic carbocycles. The lowest BCUT2D eigenvalue weighted by molar-refractivity contribution is -0.274. The van der Waals surface area contributed by atoms with Gasteiger partial charge < -0.3 is 19.9 Å². The zero-order valence-corrected chi connectivity index (χ0v) is 9.90. The molecule has 0 unspecified atom stereocenters. The van der Waals surface area contributed by atoms with Crippen LogP contribution in [0.15, 0.2) is 24.3 Å². The fourth-order valence-corrected chi connectivity index (χ4v) is 1.44. The number of hydrogen-bond acceptors (Lipinski definition) is 3. The number of ether oxygens (including phenoxy) is 2. The third-order valence-corrected chi connectivity index (χ3v) is 2.15. The van der Waals surface area contributed by atoms with Crippen molar-refractivity contribution in [2.45, 2.75) is 12.4 Å². The Morgan fingerprint density at radius 2 is 1.95 bits per heavy atom. The zero-order valence-electron chi connectivity index (χ0n) is 9.90. The van der Waals surface area contributed by atoms with Gasteiger partial charge in [0.05, 0.1) is 12.6 Å². The largest absolute Gasteiger partial charge is 0.573 e. The Morgan fingerprint density at radius 1 is 1.37 bits per heavy atom. The third kappa shape index (κ3) is 5.47. The van der Waals surface area contributed by atoms with E-state index in [-0.39, 0.29) is 12.4 Å². The fraction of sp³-hybridized carbons (Fsp3) is 0.364. The summed E-state index contributed by atoms with van der Waals surface area (Å²) in [6.45, 7) is 0.0613. The average Bonchev–Trinajstić information content (AvgIpc) is 2.27. The van der Waals surface area contributed by atoms with Crippen molar-refractivity contribution in [3.05, 3.63) is 29.8 Å². The molecule has 0 aliphatic heterocycles. The maximum Gasteiger partial charge on any atom is 0.573 e. The smallest absolute Gasteiger partial charge is 0.465 e. The highest BCUT2D eigenvalue weighted by Gasteiger charge is 2.31. The van der Waals surface area contributed by atoms with Gasteiger partial charge in [0.2, 0.25) is 0 Å². The van der Waals surface area contributed by atoms with Gasteiger partial charge in [0, 0.05) is 7.11 Å². The molecule has 0 heterocycles. The Bertz CT molecular complexity index is 419. The van der Waals surface area contributed by atoms with Gasteiger partial charge in [-0.15, -0.1) is 13.2 Å². The highest BCUT2D eigenvalue weighted by molar-refractivity contribution is 5.65. The van der Waals surface area contributed by atoms with Crippen molar-refractivity contribution in [2.24, 2.45) is 0 Å². The molecule has 0 radical (unpaired) electrons. The number of amides is 1. The monoisotopic (exact) mass is 279 g/mol.